The number of ether oxygens (including phenoxy) is 2. The second-order valence-electron chi connectivity index (χ2n) is 7.33. The summed E-state index contributed by atoms with van der Waals surface area (Å²) < 4.78 is 11.6. The van der Waals surface area contributed by atoms with E-state index < -0.39 is 6.35 Å². The molecule has 4 aliphatic rings. The molecule has 4 fully saturated rings. The zero-order chi connectivity index (χ0) is 17.0. The molecular formula is C18H23N5O2. The minimum atomic E-state index is -0.467. The van der Waals surface area contributed by atoms with Crippen molar-refractivity contribution < 1.29 is 9.47 Å². The van der Waals surface area contributed by atoms with E-state index in [0.29, 0.717) is 5.92 Å². The fourth-order valence-electron chi connectivity index (χ4n) is 4.61. The molecule has 4 saturated heterocycles. The molecule has 2 N–H and O–H groups in total. The number of hydrogen-bond donors (Lipinski definition) is 1. The Balaban J connectivity index is 1.46. The highest BCUT2D eigenvalue weighted by Crippen LogP contribution is 2.43. The molecule has 1 aromatic carbocycles. The number of benzene rings is 1. The zero-order valence-electron chi connectivity index (χ0n) is 14.4. The van der Waals surface area contributed by atoms with Crippen LogP contribution in [-0.4, -0.2) is 60.1 Å². The van der Waals surface area contributed by atoms with Crippen LogP contribution in [0.5, 0.6) is 5.75 Å². The highest BCUT2D eigenvalue weighted by molar-refractivity contribution is 5.77. The van der Waals surface area contributed by atoms with Gasteiger partial charge in [-0.15, -0.1) is 0 Å². The number of nitrogens with two attached hydrogens (primary N) is 1. The first kappa shape index (κ1) is 15.3. The first-order valence-electron chi connectivity index (χ1n) is 8.90. The summed E-state index contributed by atoms with van der Waals surface area (Å²) in [4.78, 5) is 13.9. The minimum Gasteiger partial charge on any atom is -0.497 e. The molecule has 7 nitrogen and oxygen atoms in total. The molecule has 1 aromatic heterocycles. The average Bonchev–Trinajstić information content (AvgIpc) is 2.97. The van der Waals surface area contributed by atoms with Crippen LogP contribution in [0.4, 0.5) is 5.82 Å². The summed E-state index contributed by atoms with van der Waals surface area (Å²) in [6, 6.07) is 5.72. The van der Waals surface area contributed by atoms with E-state index in [1.165, 1.54) is 25.9 Å². The minimum absolute atomic E-state index is 0.160. The van der Waals surface area contributed by atoms with Crippen molar-refractivity contribution in [3.63, 3.8) is 0 Å². The Morgan fingerprint density at radius 2 is 2.08 bits per heavy atom. The fraction of sp³-hybridized carbons (Fsp3) is 0.556. The third-order valence-electron chi connectivity index (χ3n) is 5.95. The lowest BCUT2D eigenvalue weighted by atomic mass is 9.75. The highest BCUT2D eigenvalue weighted by atomic mass is 16.6. The van der Waals surface area contributed by atoms with Gasteiger partial charge in [0.05, 0.1) is 30.9 Å². The van der Waals surface area contributed by atoms with Crippen molar-refractivity contribution in [2.24, 2.45) is 11.7 Å². The quantitative estimate of drug-likeness (QED) is 0.879. The van der Waals surface area contributed by atoms with Crippen LogP contribution in [0.3, 0.4) is 0 Å². The third kappa shape index (κ3) is 2.38. The van der Waals surface area contributed by atoms with Crippen molar-refractivity contribution in [1.29, 1.82) is 0 Å². The van der Waals surface area contributed by atoms with Gasteiger partial charge in [-0.3, -0.25) is 10.7 Å². The Bertz CT molecular complexity index is 807. The van der Waals surface area contributed by atoms with Crippen molar-refractivity contribution in [3.8, 4) is 5.75 Å². The van der Waals surface area contributed by atoms with E-state index in [4.69, 9.17) is 20.2 Å². The van der Waals surface area contributed by atoms with Crippen LogP contribution in [0.25, 0.3) is 11.0 Å². The Kier molecular flexibility index (Phi) is 3.38. The van der Waals surface area contributed by atoms with Crippen LogP contribution in [-0.2, 0) is 4.74 Å². The normalized spacial score (nSPS) is 34.2. The first-order valence-corrected chi connectivity index (χ1v) is 8.90. The molecule has 1 spiro atoms. The van der Waals surface area contributed by atoms with Crippen molar-refractivity contribution in [2.45, 2.75) is 24.8 Å². The molecule has 6 rings (SSSR count). The van der Waals surface area contributed by atoms with Crippen LogP contribution < -0.4 is 15.4 Å². The molecule has 132 valence electrons. The van der Waals surface area contributed by atoms with Gasteiger partial charge in [0.1, 0.15) is 11.4 Å². The molecule has 2 atom stereocenters. The molecule has 2 bridgehead atoms. The number of hydrogen-bond acceptors (Lipinski definition) is 7. The van der Waals surface area contributed by atoms with E-state index in [2.05, 4.69) is 14.8 Å². The smallest absolute Gasteiger partial charge is 0.186 e. The van der Waals surface area contributed by atoms with Gasteiger partial charge in [-0.25, -0.2) is 4.98 Å². The van der Waals surface area contributed by atoms with Gasteiger partial charge in [0.2, 0.25) is 0 Å². The molecule has 0 saturated carbocycles. The molecule has 2 unspecified atom stereocenters. The fourth-order valence-corrected chi connectivity index (χ4v) is 4.61. The van der Waals surface area contributed by atoms with Gasteiger partial charge in [-0.1, -0.05) is 0 Å². The van der Waals surface area contributed by atoms with E-state index >= 15 is 0 Å². The molecule has 0 amide bonds. The van der Waals surface area contributed by atoms with Gasteiger partial charge in [0.25, 0.3) is 0 Å². The van der Waals surface area contributed by atoms with E-state index in [0.717, 1.165) is 35.7 Å². The summed E-state index contributed by atoms with van der Waals surface area (Å²) in [7, 11) is 1.65. The van der Waals surface area contributed by atoms with Gasteiger partial charge in [-0.05, 0) is 44.0 Å². The largest absolute Gasteiger partial charge is 0.497 e. The maximum atomic E-state index is 6.34. The van der Waals surface area contributed by atoms with Gasteiger partial charge < -0.3 is 19.3 Å². The van der Waals surface area contributed by atoms with Crippen LogP contribution in [0.15, 0.2) is 24.4 Å². The standard InChI is InChI=1S/C18H23N5O2/c1-24-13-2-3-14-15(8-13)20-9-16(21-14)23-11-18(25-17(23)19)10-22-6-4-12(18)5-7-22/h2-3,8-9,12,17H,4-7,10-11,19H2,1H3. The van der Waals surface area contributed by atoms with Crippen molar-refractivity contribution in [1.82, 2.24) is 14.9 Å². The Morgan fingerprint density at radius 1 is 1.24 bits per heavy atom. The molecule has 4 aliphatic heterocycles. The van der Waals surface area contributed by atoms with Gasteiger partial charge >= 0.3 is 0 Å². The summed E-state index contributed by atoms with van der Waals surface area (Å²) in [6.45, 7) is 4.12. The van der Waals surface area contributed by atoms with Crippen LogP contribution in [0.2, 0.25) is 0 Å². The van der Waals surface area contributed by atoms with E-state index in [1.807, 2.05) is 18.2 Å². The summed E-state index contributed by atoms with van der Waals surface area (Å²) in [6.07, 6.45) is 3.71. The number of methoxy groups -OCH3 is 1. The number of piperidine rings is 3. The second-order valence-corrected chi connectivity index (χ2v) is 7.33. The summed E-state index contributed by atoms with van der Waals surface area (Å²) in [5.41, 5.74) is 7.82. The predicted octanol–water partition coefficient (Wildman–Crippen LogP) is 1.18. The van der Waals surface area contributed by atoms with Crippen LogP contribution in [0, 0.1) is 5.92 Å². The Morgan fingerprint density at radius 3 is 2.80 bits per heavy atom. The predicted molar refractivity (Wildman–Crippen MR) is 94.4 cm³/mol. The maximum absolute atomic E-state index is 6.34. The molecule has 0 aliphatic carbocycles. The van der Waals surface area contributed by atoms with Crippen molar-refractivity contribution >= 4 is 16.9 Å². The van der Waals surface area contributed by atoms with Crippen molar-refractivity contribution in [2.75, 3.05) is 38.2 Å². The van der Waals surface area contributed by atoms with E-state index in [-0.39, 0.29) is 5.60 Å². The summed E-state index contributed by atoms with van der Waals surface area (Å²) in [5, 5.41) is 0. The lowest BCUT2D eigenvalue weighted by Gasteiger charge is -2.50. The number of rotatable bonds is 2. The lowest BCUT2D eigenvalue weighted by molar-refractivity contribution is -0.137. The molecule has 7 heteroatoms. The van der Waals surface area contributed by atoms with Gasteiger partial charge in [0, 0.05) is 12.6 Å². The molecule has 25 heavy (non-hydrogen) atoms. The Labute approximate surface area is 146 Å². The Hall–Kier alpha value is -1.96. The molecular weight excluding hydrogens is 318 g/mol. The van der Waals surface area contributed by atoms with E-state index in [9.17, 15) is 0 Å². The number of aromatic nitrogens is 2. The summed E-state index contributed by atoms with van der Waals surface area (Å²) in [5.74, 6) is 2.15. The monoisotopic (exact) mass is 341 g/mol. The first-order chi connectivity index (χ1) is 12.2. The highest BCUT2D eigenvalue weighted by Gasteiger charge is 2.54. The SMILES string of the molecule is COc1ccc2nc(N3CC4(CN5CCC4CC5)OC3N)cnc2c1. The average molecular weight is 341 g/mol. The van der Waals surface area contributed by atoms with Gasteiger partial charge in [-0.2, -0.15) is 0 Å². The zero-order valence-corrected chi connectivity index (χ0v) is 14.4. The van der Waals surface area contributed by atoms with E-state index in [1.54, 1.807) is 13.3 Å². The number of anilines is 1. The number of fused-ring (bicyclic) bond motifs is 3. The van der Waals surface area contributed by atoms with Crippen LogP contribution >= 0.6 is 0 Å². The summed E-state index contributed by atoms with van der Waals surface area (Å²) >= 11 is 0. The number of nitrogens with zero attached hydrogens (tertiary/aromatic N) is 4. The second kappa shape index (κ2) is 5.52. The third-order valence-corrected chi connectivity index (χ3v) is 5.95. The lowest BCUT2D eigenvalue weighted by Crippen LogP contribution is -2.61. The van der Waals surface area contributed by atoms with Crippen LogP contribution in [0.1, 0.15) is 12.8 Å². The molecule has 5 heterocycles. The molecule has 0 radical (unpaired) electrons. The van der Waals surface area contributed by atoms with Gasteiger partial charge in [0.15, 0.2) is 12.2 Å². The van der Waals surface area contributed by atoms with Crippen molar-refractivity contribution in [3.05, 3.63) is 24.4 Å². The maximum Gasteiger partial charge on any atom is 0.186 e. The molecule has 2 aromatic rings. The topological polar surface area (TPSA) is 76.7 Å².